The lowest BCUT2D eigenvalue weighted by molar-refractivity contribution is -0.0226. The summed E-state index contributed by atoms with van der Waals surface area (Å²) in [6.07, 6.45) is 8.01. The Hall–Kier alpha value is -3.13. The average Bonchev–Trinajstić information content (AvgIpc) is 3.60. The van der Waals surface area contributed by atoms with E-state index < -0.39 is 20.3 Å². The normalized spacial score (nSPS) is 17.2. The Bertz CT molecular complexity index is 1390. The SMILES string of the molecule is CCOC1CC(n2cc(NC(=O)c3csc(-c4cnn(COP(O)O)c4)n3)c(-c3ncccc3F)n2)C1. The molecule has 0 bridgehead atoms. The van der Waals surface area contributed by atoms with Gasteiger partial charge in [0.2, 0.25) is 0 Å². The molecule has 15 heteroatoms. The van der Waals surface area contributed by atoms with Gasteiger partial charge in [-0.25, -0.2) is 14.1 Å². The second kappa shape index (κ2) is 11.1. The molecule has 194 valence electrons. The highest BCUT2D eigenvalue weighted by molar-refractivity contribution is 7.39. The number of hydrogen-bond acceptors (Lipinski definition) is 10. The number of hydrogen-bond donors (Lipinski definition) is 3. The molecular formula is C22H23FN7O5PS. The molecule has 0 atom stereocenters. The number of halogens is 1. The van der Waals surface area contributed by atoms with Crippen molar-refractivity contribution in [3.05, 3.63) is 53.8 Å². The first-order valence-corrected chi connectivity index (χ1v) is 13.4. The third-order valence-electron chi connectivity index (χ3n) is 5.73. The molecule has 4 aromatic rings. The minimum absolute atomic E-state index is 0.0419. The number of carbonyl (C=O) groups excluding carboxylic acids is 1. The summed E-state index contributed by atoms with van der Waals surface area (Å²) in [4.78, 5) is 39.4. The lowest BCUT2D eigenvalue weighted by Crippen LogP contribution is -2.33. The first-order valence-electron chi connectivity index (χ1n) is 11.3. The third kappa shape index (κ3) is 5.74. The quantitative estimate of drug-likeness (QED) is 0.253. The summed E-state index contributed by atoms with van der Waals surface area (Å²) < 4.78 is 28.0. The van der Waals surface area contributed by atoms with Gasteiger partial charge in [-0.2, -0.15) is 10.2 Å². The highest BCUT2D eigenvalue weighted by Gasteiger charge is 2.33. The molecule has 0 aliphatic heterocycles. The number of aromatic nitrogens is 6. The van der Waals surface area contributed by atoms with Crippen LogP contribution in [0, 0.1) is 5.82 Å². The Morgan fingerprint density at radius 2 is 2.16 bits per heavy atom. The molecule has 1 aliphatic carbocycles. The van der Waals surface area contributed by atoms with Gasteiger partial charge in [0.05, 0.1) is 24.0 Å². The van der Waals surface area contributed by atoms with Crippen molar-refractivity contribution in [3.63, 3.8) is 0 Å². The van der Waals surface area contributed by atoms with Crippen molar-refractivity contribution in [2.45, 2.75) is 38.6 Å². The molecule has 37 heavy (non-hydrogen) atoms. The molecule has 12 nitrogen and oxygen atoms in total. The first kappa shape index (κ1) is 25.5. The fourth-order valence-corrected chi connectivity index (χ4v) is 4.88. The van der Waals surface area contributed by atoms with Crippen molar-refractivity contribution >= 4 is 31.5 Å². The Balaban J connectivity index is 1.35. The summed E-state index contributed by atoms with van der Waals surface area (Å²) in [5.41, 5.74) is 1.40. The number of thiazole rings is 1. The first-order chi connectivity index (χ1) is 17.9. The molecule has 0 radical (unpaired) electrons. The Labute approximate surface area is 215 Å². The maximum atomic E-state index is 14.6. The lowest BCUT2D eigenvalue weighted by atomic mass is 9.89. The number of anilines is 1. The van der Waals surface area contributed by atoms with Gasteiger partial charge in [-0.1, -0.05) is 0 Å². The summed E-state index contributed by atoms with van der Waals surface area (Å²) in [7, 11) is -2.49. The number of carbonyl (C=O) groups is 1. The van der Waals surface area contributed by atoms with Gasteiger partial charge in [0.1, 0.15) is 28.8 Å². The zero-order valence-electron chi connectivity index (χ0n) is 19.6. The summed E-state index contributed by atoms with van der Waals surface area (Å²) in [6.45, 7) is 2.45. The van der Waals surface area contributed by atoms with Crippen LogP contribution in [0.15, 0.2) is 42.3 Å². The van der Waals surface area contributed by atoms with Crippen LogP contribution >= 0.6 is 19.9 Å². The van der Waals surface area contributed by atoms with E-state index in [4.69, 9.17) is 19.0 Å². The average molecular weight is 548 g/mol. The predicted octanol–water partition coefficient (Wildman–Crippen LogP) is 3.58. The standard InChI is InChI=1S/C22H23FN7O5PS/c1-2-34-15-6-14(7-15)30-10-17(20(28-30)19-16(23)4-3-5-24-19)26-21(31)18-11-37-22(27-18)13-8-25-29(9-13)12-35-36(32)33/h3-5,8-11,14-15,32-33H,2,6-7,12H2,1H3,(H,26,31). The van der Waals surface area contributed by atoms with Crippen LogP contribution in [-0.4, -0.2) is 57.9 Å². The summed E-state index contributed by atoms with van der Waals surface area (Å²) in [5, 5.41) is 13.6. The molecule has 5 rings (SSSR count). The smallest absolute Gasteiger partial charge is 0.328 e. The molecule has 4 aromatic heterocycles. The van der Waals surface area contributed by atoms with Gasteiger partial charge in [-0.15, -0.1) is 11.3 Å². The number of nitrogens with zero attached hydrogens (tertiary/aromatic N) is 6. The van der Waals surface area contributed by atoms with E-state index in [1.165, 1.54) is 40.5 Å². The molecular weight excluding hydrogens is 524 g/mol. The number of rotatable bonds is 10. The van der Waals surface area contributed by atoms with Gasteiger partial charge in [-0.05, 0) is 31.9 Å². The van der Waals surface area contributed by atoms with Crippen molar-refractivity contribution in [1.29, 1.82) is 0 Å². The van der Waals surface area contributed by atoms with Crippen molar-refractivity contribution in [1.82, 2.24) is 29.5 Å². The number of nitrogens with one attached hydrogen (secondary N) is 1. The van der Waals surface area contributed by atoms with Crippen molar-refractivity contribution < 1.29 is 28.2 Å². The maximum absolute atomic E-state index is 14.6. The van der Waals surface area contributed by atoms with Gasteiger partial charge >= 0.3 is 8.60 Å². The predicted molar refractivity (Wildman–Crippen MR) is 133 cm³/mol. The third-order valence-corrected chi connectivity index (χ3v) is 6.97. The van der Waals surface area contributed by atoms with Crippen LogP contribution in [0.25, 0.3) is 22.0 Å². The van der Waals surface area contributed by atoms with Crippen LogP contribution < -0.4 is 5.32 Å². The Morgan fingerprint density at radius 3 is 2.92 bits per heavy atom. The van der Waals surface area contributed by atoms with Crippen LogP contribution in [0.5, 0.6) is 0 Å². The van der Waals surface area contributed by atoms with E-state index in [9.17, 15) is 9.18 Å². The minimum Gasteiger partial charge on any atom is -0.378 e. The van der Waals surface area contributed by atoms with Gasteiger partial charge < -0.3 is 19.8 Å². The molecule has 1 fully saturated rings. The van der Waals surface area contributed by atoms with Gasteiger partial charge in [0.15, 0.2) is 5.82 Å². The highest BCUT2D eigenvalue weighted by atomic mass is 32.1. The van der Waals surface area contributed by atoms with Crippen LogP contribution in [0.1, 0.15) is 36.3 Å². The molecule has 1 aliphatic rings. The fraction of sp³-hybridized carbons (Fsp3) is 0.318. The molecule has 0 aromatic carbocycles. The molecule has 1 amide bonds. The van der Waals surface area contributed by atoms with Crippen LogP contribution in [0.4, 0.5) is 10.1 Å². The highest BCUT2D eigenvalue weighted by Crippen LogP contribution is 2.37. The second-order valence-electron chi connectivity index (χ2n) is 8.18. The van der Waals surface area contributed by atoms with E-state index in [-0.39, 0.29) is 36.0 Å². The largest absolute Gasteiger partial charge is 0.378 e. The van der Waals surface area contributed by atoms with E-state index >= 15 is 0 Å². The van der Waals surface area contributed by atoms with E-state index in [0.717, 1.165) is 12.8 Å². The number of ether oxygens (including phenoxy) is 1. The van der Waals surface area contributed by atoms with E-state index in [1.54, 1.807) is 22.5 Å². The fourth-order valence-electron chi connectivity index (χ4n) is 3.88. The summed E-state index contributed by atoms with van der Waals surface area (Å²) in [6, 6.07) is 2.86. The van der Waals surface area contributed by atoms with Gasteiger partial charge in [0, 0.05) is 36.1 Å². The molecule has 0 spiro atoms. The Kier molecular flexibility index (Phi) is 7.65. The summed E-state index contributed by atoms with van der Waals surface area (Å²) >= 11 is 1.24. The topological polar surface area (TPSA) is 149 Å². The van der Waals surface area contributed by atoms with Crippen molar-refractivity contribution in [2.24, 2.45) is 0 Å². The second-order valence-corrected chi connectivity index (χ2v) is 9.80. The number of pyridine rings is 1. The van der Waals surface area contributed by atoms with Crippen LogP contribution in [-0.2, 0) is 16.0 Å². The zero-order valence-corrected chi connectivity index (χ0v) is 21.3. The van der Waals surface area contributed by atoms with Crippen molar-refractivity contribution in [2.75, 3.05) is 11.9 Å². The Morgan fingerprint density at radius 1 is 1.32 bits per heavy atom. The van der Waals surface area contributed by atoms with Crippen molar-refractivity contribution in [3.8, 4) is 22.0 Å². The summed E-state index contributed by atoms with van der Waals surface area (Å²) in [5.74, 6) is -1.03. The molecule has 0 saturated heterocycles. The van der Waals surface area contributed by atoms with E-state index in [0.29, 0.717) is 22.9 Å². The van der Waals surface area contributed by atoms with E-state index in [2.05, 4.69) is 25.5 Å². The van der Waals surface area contributed by atoms with Gasteiger partial charge in [-0.3, -0.25) is 19.0 Å². The molecule has 4 heterocycles. The molecule has 0 unspecified atom stereocenters. The minimum atomic E-state index is -2.49. The van der Waals surface area contributed by atoms with E-state index in [1.807, 2.05) is 6.92 Å². The monoisotopic (exact) mass is 547 g/mol. The van der Waals surface area contributed by atoms with Crippen LogP contribution in [0.2, 0.25) is 0 Å². The molecule has 3 N–H and O–H groups in total. The number of amides is 1. The van der Waals surface area contributed by atoms with Crippen LogP contribution in [0.3, 0.4) is 0 Å². The maximum Gasteiger partial charge on any atom is 0.328 e. The van der Waals surface area contributed by atoms with Gasteiger partial charge in [0.25, 0.3) is 5.91 Å². The molecule has 1 saturated carbocycles. The zero-order chi connectivity index (χ0) is 25.9. The lowest BCUT2D eigenvalue weighted by Gasteiger charge is -2.34.